The second-order valence-corrected chi connectivity index (χ2v) is 9.83. The molecule has 0 radical (unpaired) electrons. The van der Waals surface area contributed by atoms with Gasteiger partial charge in [0.2, 0.25) is 5.91 Å². The summed E-state index contributed by atoms with van der Waals surface area (Å²) in [5.41, 5.74) is 1.24. The van der Waals surface area contributed by atoms with Gasteiger partial charge in [0, 0.05) is 27.8 Å². The minimum absolute atomic E-state index is 0.0866. The third-order valence-electron chi connectivity index (χ3n) is 5.88. The van der Waals surface area contributed by atoms with Crippen molar-refractivity contribution < 1.29 is 28.2 Å². The molecule has 0 heterocycles. The van der Waals surface area contributed by atoms with Gasteiger partial charge in [-0.05, 0) is 54.6 Å². The molecular weight excluding hydrogens is 557 g/mol. The van der Waals surface area contributed by atoms with E-state index in [1.807, 2.05) is 0 Å². The smallest absolute Gasteiger partial charge is 0.272 e. The topological polar surface area (TPSA) is 106 Å². The van der Waals surface area contributed by atoms with E-state index in [9.17, 15) is 18.8 Å². The van der Waals surface area contributed by atoms with Crippen LogP contribution < -0.4 is 25.4 Å². The molecule has 0 aliphatic carbocycles. The van der Waals surface area contributed by atoms with E-state index in [2.05, 4.69) is 16.0 Å². The molecule has 3 amide bonds. The van der Waals surface area contributed by atoms with Gasteiger partial charge in [-0.1, -0.05) is 42.5 Å². The number of amides is 3. The van der Waals surface area contributed by atoms with Gasteiger partial charge in [-0.15, -0.1) is 11.8 Å². The Hall–Kier alpha value is -5.09. The first kappa shape index (κ1) is 29.9. The number of methoxy groups -OCH3 is 2. The van der Waals surface area contributed by atoms with E-state index in [-0.39, 0.29) is 22.9 Å². The standard InChI is InChI=1S/C32H28FN3O5S/c1-40-24-15-16-29(41-2)27(19-24)35-30(37)20-42-25-13-8-12-23(18-25)34-32(39)28(17-22-11-6-7-14-26(22)33)36-31(38)21-9-4-3-5-10-21/h3-19H,20H2,1-2H3,(H,34,39)(H,35,37)(H,36,38)/b28-17-. The zero-order chi connectivity index (χ0) is 29.9. The van der Waals surface area contributed by atoms with Gasteiger partial charge in [0.15, 0.2) is 0 Å². The van der Waals surface area contributed by atoms with Gasteiger partial charge in [-0.3, -0.25) is 14.4 Å². The SMILES string of the molecule is COc1ccc(OC)c(NC(=O)CSc2cccc(NC(=O)/C(=C/c3ccccc3F)NC(=O)c3ccccc3)c2)c1. The van der Waals surface area contributed by atoms with Crippen molar-refractivity contribution in [3.63, 3.8) is 0 Å². The number of benzene rings is 4. The highest BCUT2D eigenvalue weighted by Crippen LogP contribution is 2.29. The highest BCUT2D eigenvalue weighted by Gasteiger charge is 2.16. The second-order valence-electron chi connectivity index (χ2n) is 8.78. The lowest BCUT2D eigenvalue weighted by Gasteiger charge is -2.13. The highest BCUT2D eigenvalue weighted by molar-refractivity contribution is 8.00. The Bertz CT molecular complexity index is 1610. The summed E-state index contributed by atoms with van der Waals surface area (Å²) in [5.74, 6) is -0.810. The molecule has 0 unspecified atom stereocenters. The first-order valence-electron chi connectivity index (χ1n) is 12.7. The Morgan fingerprint density at radius 3 is 2.33 bits per heavy atom. The monoisotopic (exact) mass is 585 g/mol. The van der Waals surface area contributed by atoms with E-state index in [1.54, 1.807) is 78.9 Å². The van der Waals surface area contributed by atoms with Crippen molar-refractivity contribution in [1.29, 1.82) is 0 Å². The molecule has 42 heavy (non-hydrogen) atoms. The molecule has 0 saturated carbocycles. The Balaban J connectivity index is 1.45. The summed E-state index contributed by atoms with van der Waals surface area (Å²) >= 11 is 1.26. The molecule has 10 heteroatoms. The maximum Gasteiger partial charge on any atom is 0.272 e. The van der Waals surface area contributed by atoms with Crippen molar-refractivity contribution in [3.05, 3.63) is 120 Å². The van der Waals surface area contributed by atoms with Crippen LogP contribution in [0.5, 0.6) is 11.5 Å². The van der Waals surface area contributed by atoms with Crippen LogP contribution in [0.25, 0.3) is 6.08 Å². The Morgan fingerprint density at radius 1 is 0.833 bits per heavy atom. The summed E-state index contributed by atoms with van der Waals surface area (Å²) in [5, 5.41) is 8.15. The largest absolute Gasteiger partial charge is 0.497 e. The summed E-state index contributed by atoms with van der Waals surface area (Å²) < 4.78 is 24.9. The fourth-order valence-electron chi connectivity index (χ4n) is 3.80. The maximum atomic E-state index is 14.4. The fraction of sp³-hybridized carbons (Fsp3) is 0.0938. The number of nitrogens with one attached hydrogen (secondary N) is 3. The van der Waals surface area contributed by atoms with Crippen LogP contribution in [0.1, 0.15) is 15.9 Å². The van der Waals surface area contributed by atoms with Gasteiger partial charge >= 0.3 is 0 Å². The molecule has 4 aromatic carbocycles. The predicted octanol–water partition coefficient (Wildman–Crippen LogP) is 5.98. The van der Waals surface area contributed by atoms with Crippen LogP contribution in [0.2, 0.25) is 0 Å². The molecule has 0 saturated heterocycles. The minimum atomic E-state index is -0.646. The average Bonchev–Trinajstić information content (AvgIpc) is 3.01. The molecule has 0 spiro atoms. The number of halogens is 1. The van der Waals surface area contributed by atoms with Gasteiger partial charge in [-0.2, -0.15) is 0 Å². The van der Waals surface area contributed by atoms with Crippen molar-refractivity contribution in [2.45, 2.75) is 4.90 Å². The Labute approximate surface area is 246 Å². The molecule has 0 fully saturated rings. The van der Waals surface area contributed by atoms with Crippen LogP contribution in [0.15, 0.2) is 108 Å². The van der Waals surface area contributed by atoms with Crippen molar-refractivity contribution >= 4 is 46.9 Å². The number of anilines is 2. The molecule has 4 aromatic rings. The van der Waals surface area contributed by atoms with Gasteiger partial charge < -0.3 is 25.4 Å². The van der Waals surface area contributed by atoms with E-state index in [0.717, 1.165) is 0 Å². The second kappa shape index (κ2) is 14.5. The molecule has 0 aliphatic rings. The molecule has 4 rings (SSSR count). The molecule has 214 valence electrons. The van der Waals surface area contributed by atoms with Crippen LogP contribution in [-0.4, -0.2) is 37.7 Å². The zero-order valence-electron chi connectivity index (χ0n) is 22.8. The van der Waals surface area contributed by atoms with E-state index in [1.165, 1.54) is 50.3 Å². The quantitative estimate of drug-likeness (QED) is 0.148. The van der Waals surface area contributed by atoms with E-state index in [4.69, 9.17) is 9.47 Å². The lowest BCUT2D eigenvalue weighted by Crippen LogP contribution is -2.30. The normalized spacial score (nSPS) is 10.9. The summed E-state index contributed by atoms with van der Waals surface area (Å²) in [7, 11) is 3.04. The van der Waals surface area contributed by atoms with Crippen molar-refractivity contribution in [1.82, 2.24) is 5.32 Å². The van der Waals surface area contributed by atoms with E-state index < -0.39 is 17.6 Å². The summed E-state index contributed by atoms with van der Waals surface area (Å²) in [6, 6.07) is 26.3. The number of carbonyl (C=O) groups is 3. The van der Waals surface area contributed by atoms with Crippen LogP contribution in [-0.2, 0) is 9.59 Å². The summed E-state index contributed by atoms with van der Waals surface area (Å²) in [6.07, 6.45) is 1.28. The number of hydrogen-bond acceptors (Lipinski definition) is 6. The van der Waals surface area contributed by atoms with Gasteiger partial charge in [0.1, 0.15) is 23.0 Å². The van der Waals surface area contributed by atoms with Crippen LogP contribution in [0, 0.1) is 5.82 Å². The van der Waals surface area contributed by atoms with Gasteiger partial charge in [-0.25, -0.2) is 4.39 Å². The number of carbonyl (C=O) groups excluding carboxylic acids is 3. The third kappa shape index (κ3) is 8.21. The van der Waals surface area contributed by atoms with Crippen LogP contribution >= 0.6 is 11.8 Å². The lowest BCUT2D eigenvalue weighted by atomic mass is 10.1. The number of rotatable bonds is 11. The van der Waals surface area contributed by atoms with E-state index >= 15 is 0 Å². The number of hydrogen-bond donors (Lipinski definition) is 3. The molecule has 3 N–H and O–H groups in total. The molecule has 0 aromatic heterocycles. The number of thioether (sulfide) groups is 1. The maximum absolute atomic E-state index is 14.4. The van der Waals surface area contributed by atoms with Crippen molar-refractivity contribution in [3.8, 4) is 11.5 Å². The zero-order valence-corrected chi connectivity index (χ0v) is 23.7. The highest BCUT2D eigenvalue weighted by atomic mass is 32.2. The number of ether oxygens (including phenoxy) is 2. The Morgan fingerprint density at radius 2 is 1.60 bits per heavy atom. The van der Waals surface area contributed by atoms with Crippen molar-refractivity contribution in [2.24, 2.45) is 0 Å². The first-order valence-corrected chi connectivity index (χ1v) is 13.7. The fourth-order valence-corrected chi connectivity index (χ4v) is 4.55. The predicted molar refractivity (Wildman–Crippen MR) is 162 cm³/mol. The summed E-state index contributed by atoms with van der Waals surface area (Å²) in [4.78, 5) is 39.5. The molecule has 8 nitrogen and oxygen atoms in total. The van der Waals surface area contributed by atoms with Crippen LogP contribution in [0.4, 0.5) is 15.8 Å². The first-order chi connectivity index (χ1) is 20.4. The minimum Gasteiger partial charge on any atom is -0.497 e. The summed E-state index contributed by atoms with van der Waals surface area (Å²) in [6.45, 7) is 0. The van der Waals surface area contributed by atoms with Crippen LogP contribution in [0.3, 0.4) is 0 Å². The Kier molecular flexibility index (Phi) is 10.3. The third-order valence-corrected chi connectivity index (χ3v) is 6.87. The van der Waals surface area contributed by atoms with E-state index in [0.29, 0.717) is 33.3 Å². The van der Waals surface area contributed by atoms with Gasteiger partial charge in [0.25, 0.3) is 11.8 Å². The molecular formula is C32H28FN3O5S. The van der Waals surface area contributed by atoms with Gasteiger partial charge in [0.05, 0.1) is 25.7 Å². The average molecular weight is 586 g/mol. The lowest BCUT2D eigenvalue weighted by molar-refractivity contribution is -0.114. The molecule has 0 aliphatic heterocycles. The molecule has 0 bridgehead atoms. The van der Waals surface area contributed by atoms with Crippen molar-refractivity contribution in [2.75, 3.05) is 30.6 Å². The molecule has 0 atom stereocenters.